The maximum atomic E-state index is 12.5. The van der Waals surface area contributed by atoms with E-state index in [9.17, 15) is 9.59 Å². The number of hydrogen-bond acceptors (Lipinski definition) is 3. The van der Waals surface area contributed by atoms with E-state index in [2.05, 4.69) is 5.32 Å². The third-order valence-electron chi connectivity index (χ3n) is 3.75. The second kappa shape index (κ2) is 5.21. The lowest BCUT2D eigenvalue weighted by atomic mass is 9.96. The van der Waals surface area contributed by atoms with Gasteiger partial charge in [-0.15, -0.1) is 0 Å². The summed E-state index contributed by atoms with van der Waals surface area (Å²) < 4.78 is 0. The van der Waals surface area contributed by atoms with Crippen molar-refractivity contribution in [2.75, 3.05) is 20.2 Å². The summed E-state index contributed by atoms with van der Waals surface area (Å²) in [5.41, 5.74) is 2.17. The molecule has 0 spiro atoms. The molecule has 3 rings (SSSR count). The average Bonchev–Trinajstić information content (AvgIpc) is 2.82. The van der Waals surface area contributed by atoms with E-state index in [4.69, 9.17) is 4.84 Å². The number of hydrogen-bond donors (Lipinski definition) is 1. The molecule has 21 heavy (non-hydrogen) atoms. The van der Waals surface area contributed by atoms with Gasteiger partial charge >= 0.3 is 6.03 Å². The minimum Gasteiger partial charge on any atom is -0.327 e. The molecule has 110 valence electrons. The number of benzene rings is 1. The van der Waals surface area contributed by atoms with Crippen molar-refractivity contribution < 1.29 is 14.4 Å². The summed E-state index contributed by atoms with van der Waals surface area (Å²) in [5, 5.41) is 4.19. The molecule has 2 aliphatic heterocycles. The molecule has 1 unspecified atom stereocenters. The van der Waals surface area contributed by atoms with Crippen LogP contribution >= 0.6 is 0 Å². The molecular weight excluding hydrogens is 270 g/mol. The number of carbonyl (C=O) groups excluding carboxylic acids is 2. The lowest BCUT2D eigenvalue weighted by Gasteiger charge is -2.30. The fourth-order valence-corrected chi connectivity index (χ4v) is 2.70. The first kappa shape index (κ1) is 13.6. The zero-order valence-corrected chi connectivity index (χ0v) is 12.0. The molecule has 2 aliphatic rings. The normalized spacial score (nSPS) is 21.7. The molecule has 0 saturated carbocycles. The highest BCUT2D eigenvalue weighted by Gasteiger charge is 2.43. The minimum atomic E-state index is -0.428. The Labute approximate surface area is 122 Å². The second-order valence-electron chi connectivity index (χ2n) is 4.97. The molecule has 0 aromatic heterocycles. The molecule has 2 heterocycles. The van der Waals surface area contributed by atoms with Crippen LogP contribution in [0.1, 0.15) is 18.5 Å². The summed E-state index contributed by atoms with van der Waals surface area (Å²) in [7, 11) is 1.66. The van der Waals surface area contributed by atoms with E-state index in [1.165, 1.54) is 9.96 Å². The number of nitrogens with zero attached hydrogens (tertiary/aromatic N) is 2. The summed E-state index contributed by atoms with van der Waals surface area (Å²) in [6.07, 6.45) is 0. The Balaban J connectivity index is 2.02. The largest absolute Gasteiger partial charge is 0.327 e. The van der Waals surface area contributed by atoms with Gasteiger partial charge in [0.1, 0.15) is 0 Å². The van der Waals surface area contributed by atoms with Gasteiger partial charge in [-0.2, -0.15) is 0 Å². The monoisotopic (exact) mass is 287 g/mol. The van der Waals surface area contributed by atoms with Crippen molar-refractivity contribution in [3.8, 4) is 0 Å². The number of nitrogens with one attached hydrogen (secondary N) is 1. The van der Waals surface area contributed by atoms with Crippen LogP contribution in [0.2, 0.25) is 0 Å². The summed E-state index contributed by atoms with van der Waals surface area (Å²) in [4.78, 5) is 31.5. The number of urea groups is 1. The van der Waals surface area contributed by atoms with Crippen molar-refractivity contribution >= 4 is 11.9 Å². The smallest absolute Gasteiger partial charge is 0.322 e. The fraction of sp³-hybridized carbons (Fsp3) is 0.333. The molecule has 0 fully saturated rings. The first-order valence-electron chi connectivity index (χ1n) is 6.90. The molecule has 1 N–H and O–H groups in total. The first-order valence-corrected chi connectivity index (χ1v) is 6.90. The van der Waals surface area contributed by atoms with Crippen molar-refractivity contribution in [1.82, 2.24) is 15.3 Å². The molecule has 6 heteroatoms. The van der Waals surface area contributed by atoms with Crippen LogP contribution in [0.4, 0.5) is 4.79 Å². The highest BCUT2D eigenvalue weighted by Crippen LogP contribution is 2.35. The maximum Gasteiger partial charge on any atom is 0.322 e. The van der Waals surface area contributed by atoms with Crippen molar-refractivity contribution in [2.45, 2.75) is 13.0 Å². The van der Waals surface area contributed by atoms with Crippen LogP contribution in [-0.2, 0) is 9.63 Å². The Morgan fingerprint density at radius 3 is 2.67 bits per heavy atom. The van der Waals surface area contributed by atoms with Gasteiger partial charge in [-0.05, 0) is 12.5 Å². The van der Waals surface area contributed by atoms with Crippen LogP contribution in [0.5, 0.6) is 0 Å². The van der Waals surface area contributed by atoms with E-state index >= 15 is 0 Å². The number of carbonyl (C=O) groups is 2. The molecule has 1 aromatic carbocycles. The van der Waals surface area contributed by atoms with Gasteiger partial charge in [0.05, 0.1) is 30.5 Å². The molecule has 0 bridgehead atoms. The molecule has 0 saturated heterocycles. The van der Waals surface area contributed by atoms with Gasteiger partial charge in [0.15, 0.2) is 0 Å². The summed E-state index contributed by atoms with van der Waals surface area (Å²) in [6, 6.07) is 8.84. The predicted molar refractivity (Wildman–Crippen MR) is 75.8 cm³/mol. The Morgan fingerprint density at radius 1 is 1.29 bits per heavy atom. The van der Waals surface area contributed by atoms with Gasteiger partial charge in [-0.25, -0.2) is 9.86 Å². The van der Waals surface area contributed by atoms with Crippen LogP contribution in [0.15, 0.2) is 41.6 Å². The lowest BCUT2D eigenvalue weighted by Crippen LogP contribution is -2.45. The molecular formula is C15H17N3O3. The van der Waals surface area contributed by atoms with E-state index in [0.29, 0.717) is 24.4 Å². The van der Waals surface area contributed by atoms with Crippen LogP contribution < -0.4 is 5.32 Å². The molecule has 1 aromatic rings. The number of likely N-dealkylation sites (N-methyl/N-ethyl adjacent to an activating group) is 1. The number of amides is 3. The SMILES string of the molecule is CCON1CC2=C(C1=O)C(c1ccccc1)NC(=O)N2C. The lowest BCUT2D eigenvalue weighted by molar-refractivity contribution is -0.174. The zero-order chi connectivity index (χ0) is 15.0. The van der Waals surface area contributed by atoms with Crippen molar-refractivity contribution in [3.05, 3.63) is 47.2 Å². The van der Waals surface area contributed by atoms with Gasteiger partial charge < -0.3 is 5.32 Å². The summed E-state index contributed by atoms with van der Waals surface area (Å²) >= 11 is 0. The Hall–Kier alpha value is -2.34. The summed E-state index contributed by atoms with van der Waals surface area (Å²) in [6.45, 7) is 2.54. The third kappa shape index (κ3) is 2.17. The van der Waals surface area contributed by atoms with Gasteiger partial charge in [0, 0.05) is 7.05 Å². The van der Waals surface area contributed by atoms with Gasteiger partial charge in [-0.1, -0.05) is 30.3 Å². The van der Waals surface area contributed by atoms with Crippen LogP contribution in [-0.4, -0.2) is 42.1 Å². The molecule has 1 atom stereocenters. The standard InChI is InChI=1S/C15H17N3O3/c1-3-21-18-9-11-12(14(18)19)13(16-15(20)17(11)2)10-7-5-4-6-8-10/h4-8,13H,3,9H2,1-2H3,(H,16,20). The Morgan fingerprint density at radius 2 is 2.00 bits per heavy atom. The zero-order valence-electron chi connectivity index (χ0n) is 12.0. The van der Waals surface area contributed by atoms with Crippen molar-refractivity contribution in [2.24, 2.45) is 0 Å². The maximum absolute atomic E-state index is 12.5. The van der Waals surface area contributed by atoms with E-state index in [-0.39, 0.29) is 11.9 Å². The number of hydroxylamine groups is 2. The minimum absolute atomic E-state index is 0.187. The highest BCUT2D eigenvalue weighted by molar-refractivity contribution is 6.00. The average molecular weight is 287 g/mol. The van der Waals surface area contributed by atoms with Crippen molar-refractivity contribution in [3.63, 3.8) is 0 Å². The topological polar surface area (TPSA) is 61.9 Å². The van der Waals surface area contributed by atoms with Gasteiger partial charge in [-0.3, -0.25) is 14.5 Å². The third-order valence-corrected chi connectivity index (χ3v) is 3.75. The van der Waals surface area contributed by atoms with Gasteiger partial charge in [0.25, 0.3) is 5.91 Å². The quantitative estimate of drug-likeness (QED) is 0.915. The summed E-state index contributed by atoms with van der Waals surface area (Å²) in [5.74, 6) is -0.187. The first-order chi connectivity index (χ1) is 10.1. The molecule has 6 nitrogen and oxygen atoms in total. The molecule has 0 aliphatic carbocycles. The van der Waals surface area contributed by atoms with E-state index < -0.39 is 6.04 Å². The molecule has 0 radical (unpaired) electrons. The van der Waals surface area contributed by atoms with Crippen LogP contribution in [0.3, 0.4) is 0 Å². The Kier molecular flexibility index (Phi) is 3.39. The highest BCUT2D eigenvalue weighted by atomic mass is 16.7. The fourth-order valence-electron chi connectivity index (χ4n) is 2.70. The van der Waals surface area contributed by atoms with Gasteiger partial charge in [0.2, 0.25) is 0 Å². The van der Waals surface area contributed by atoms with Crippen LogP contribution in [0.25, 0.3) is 0 Å². The Bertz CT molecular complexity index is 612. The van der Waals surface area contributed by atoms with E-state index in [1.54, 1.807) is 7.05 Å². The predicted octanol–water partition coefficient (Wildman–Crippen LogP) is 1.43. The second-order valence-corrected chi connectivity index (χ2v) is 4.97. The van der Waals surface area contributed by atoms with Crippen molar-refractivity contribution in [1.29, 1.82) is 0 Å². The number of rotatable bonds is 3. The van der Waals surface area contributed by atoms with Crippen LogP contribution in [0, 0.1) is 0 Å². The van der Waals surface area contributed by atoms with E-state index in [0.717, 1.165) is 5.56 Å². The van der Waals surface area contributed by atoms with E-state index in [1.807, 2.05) is 37.3 Å². The molecule has 3 amide bonds.